The first kappa shape index (κ1) is 68.2. The van der Waals surface area contributed by atoms with E-state index < -0.39 is 29.7 Å². The molecule has 0 aromatic heterocycles. The van der Waals surface area contributed by atoms with Crippen molar-refractivity contribution in [3.8, 4) is 23.0 Å². The lowest BCUT2D eigenvalue weighted by atomic mass is 9.87. The number of carbonyl (C=O) groups excluding carboxylic acids is 8. The minimum atomic E-state index is -0.961. The molecule has 4 aromatic rings. The molecular formula is C65H90N6O12. The highest BCUT2D eigenvalue weighted by Gasteiger charge is 2.27. The zero-order valence-electron chi connectivity index (χ0n) is 50.4. The van der Waals surface area contributed by atoms with Crippen LogP contribution >= 0.6 is 0 Å². The smallest absolute Gasteiger partial charge is 0.255 e. The van der Waals surface area contributed by atoms with Crippen LogP contribution in [0.5, 0.6) is 23.0 Å². The van der Waals surface area contributed by atoms with Gasteiger partial charge in [-0.3, -0.25) is 38.4 Å². The number of nitrogens with one attached hydrogen (secondary N) is 5. The van der Waals surface area contributed by atoms with Crippen molar-refractivity contribution in [3.05, 3.63) is 106 Å². The lowest BCUT2D eigenvalue weighted by Crippen LogP contribution is -2.44. The van der Waals surface area contributed by atoms with E-state index >= 15 is 0 Å². The van der Waals surface area contributed by atoms with Crippen LogP contribution in [-0.4, -0.2) is 115 Å². The van der Waals surface area contributed by atoms with Gasteiger partial charge in [0, 0.05) is 54.8 Å². The number of aryl methyl sites for hydroxylation is 2. The molecule has 4 rings (SSSR count). The van der Waals surface area contributed by atoms with Gasteiger partial charge in [0.15, 0.2) is 17.3 Å². The van der Waals surface area contributed by atoms with Gasteiger partial charge in [-0.2, -0.15) is 0 Å². The van der Waals surface area contributed by atoms with Crippen molar-refractivity contribution in [2.45, 2.75) is 136 Å². The summed E-state index contributed by atoms with van der Waals surface area (Å²) in [7, 11) is 9.65. The van der Waals surface area contributed by atoms with Crippen molar-refractivity contribution < 1.29 is 57.3 Å². The first-order chi connectivity index (χ1) is 39.9. The maximum absolute atomic E-state index is 14.1. The van der Waals surface area contributed by atoms with Crippen molar-refractivity contribution in [2.75, 3.05) is 72.8 Å². The van der Waals surface area contributed by atoms with Gasteiger partial charge in [-0.15, -0.1) is 0 Å². The van der Waals surface area contributed by atoms with E-state index in [4.69, 9.17) is 24.7 Å². The number of carbonyl (C=O) groups is 8. The van der Waals surface area contributed by atoms with E-state index in [0.717, 1.165) is 50.8 Å². The number of ether oxygens (including phenoxy) is 4. The van der Waals surface area contributed by atoms with Crippen LogP contribution in [0, 0.1) is 17.8 Å². The second-order valence-electron chi connectivity index (χ2n) is 21.3. The maximum atomic E-state index is 14.1. The van der Waals surface area contributed by atoms with Crippen molar-refractivity contribution in [1.29, 1.82) is 0 Å². The lowest BCUT2D eigenvalue weighted by Gasteiger charge is -2.20. The molecule has 0 saturated carbocycles. The van der Waals surface area contributed by atoms with Crippen LogP contribution in [-0.2, 0) is 32.0 Å². The van der Waals surface area contributed by atoms with E-state index in [9.17, 15) is 38.4 Å². The number of hydrogen-bond donors (Lipinski definition) is 6. The molecule has 18 heteroatoms. The fraction of sp³-hybridized carbons (Fsp3) is 0.508. The van der Waals surface area contributed by atoms with E-state index in [2.05, 4.69) is 26.6 Å². The van der Waals surface area contributed by atoms with Crippen molar-refractivity contribution in [3.63, 3.8) is 0 Å². The minimum absolute atomic E-state index is 0.00440. The number of hydrogen-bond acceptors (Lipinski definition) is 15. The predicted molar refractivity (Wildman–Crippen MR) is 325 cm³/mol. The molecule has 0 bridgehead atoms. The van der Waals surface area contributed by atoms with Crippen LogP contribution in [0.2, 0.25) is 0 Å². The number of anilines is 2. The Bertz CT molecular complexity index is 2820. The number of unbranched alkanes of at least 4 members (excludes halogenated alkanes) is 3. The van der Waals surface area contributed by atoms with Crippen molar-refractivity contribution in [1.82, 2.24) is 16.0 Å². The van der Waals surface area contributed by atoms with Gasteiger partial charge in [0.2, 0.25) is 11.8 Å². The van der Waals surface area contributed by atoms with Gasteiger partial charge in [0.1, 0.15) is 40.6 Å². The molecule has 83 heavy (non-hydrogen) atoms. The summed E-state index contributed by atoms with van der Waals surface area (Å²) in [6.45, 7) is 7.17. The number of rotatable bonds is 41. The lowest BCUT2D eigenvalue weighted by molar-refractivity contribution is -0.123. The Kier molecular flexibility index (Phi) is 29.9. The van der Waals surface area contributed by atoms with Gasteiger partial charge in [0.25, 0.3) is 5.91 Å². The number of benzene rings is 4. The minimum Gasteiger partial charge on any atom is -0.496 e. The topological polar surface area (TPSA) is 260 Å². The molecule has 7 N–H and O–H groups in total. The van der Waals surface area contributed by atoms with Crippen molar-refractivity contribution in [2.24, 2.45) is 23.5 Å². The molecule has 3 amide bonds. The number of Topliss-reactive ketones (excluding diaryl/α,β-unsaturated/α-hetero) is 5. The second kappa shape index (κ2) is 36.3. The van der Waals surface area contributed by atoms with Gasteiger partial charge < -0.3 is 51.3 Å². The third kappa shape index (κ3) is 22.1. The highest BCUT2D eigenvalue weighted by atomic mass is 16.5. The second-order valence-corrected chi connectivity index (χ2v) is 21.3. The van der Waals surface area contributed by atoms with Crippen molar-refractivity contribution >= 4 is 58.0 Å². The van der Waals surface area contributed by atoms with E-state index in [0.29, 0.717) is 109 Å². The fourth-order valence-corrected chi connectivity index (χ4v) is 9.88. The molecule has 18 nitrogen and oxygen atoms in total. The highest BCUT2D eigenvalue weighted by Crippen LogP contribution is 2.30. The summed E-state index contributed by atoms with van der Waals surface area (Å²) in [5, 5.41) is 14.9. The summed E-state index contributed by atoms with van der Waals surface area (Å²) in [6, 6.07) is 19.2. The van der Waals surface area contributed by atoms with Crippen LogP contribution in [0.4, 0.5) is 11.4 Å². The van der Waals surface area contributed by atoms with Gasteiger partial charge in [-0.25, -0.2) is 0 Å². The van der Waals surface area contributed by atoms with Gasteiger partial charge in [0.05, 0.1) is 50.7 Å². The standard InChI is InChI=1S/C65H90N6O12/c1-42(19-27-57(75)52-41-49(26-34-61(52)82-8)69-63(77)43(2)16-11-14-36-67-4)55(73)28-20-45-22-31-60(81-7)51(38-45)58(76)30-24-47(17-12-15-37-68-5)56(74)29-21-46-23-32-62(83-9)53(39-46)64(78)71-54(18-10-13-35-66)65(79)70-48-25-33-59(80-6)50(40-48)44(3)72/h22-23,25-26,31-34,38-43,47,54,67-68H,10-21,24,27-30,35-37,66H2,1-9H3,(H,69,77)(H,70,79)(H,71,78). The average molecular weight is 1150 g/mol. The van der Waals surface area contributed by atoms with Crippen LogP contribution in [0.1, 0.15) is 170 Å². The molecule has 0 aliphatic carbocycles. The molecule has 0 radical (unpaired) electrons. The van der Waals surface area contributed by atoms with E-state index in [1.54, 1.807) is 67.6 Å². The Morgan fingerprint density at radius 1 is 0.482 bits per heavy atom. The SMILES string of the molecule is CNCCCCC(C)C(=O)Nc1ccc(OC)c(C(=O)CCC(C)C(=O)CCc2ccc(OC)c(C(=O)CCC(CCCCNC)C(=O)CCc3ccc(OC)c(C(=O)NC(CCCCN)C(=O)Nc4ccc(OC)c(C(C)=O)c4)c3)c2)c1. The normalized spacial score (nSPS) is 12.5. The summed E-state index contributed by atoms with van der Waals surface area (Å²) in [5.74, 6) is -1.40. The number of nitrogens with two attached hydrogens (primary N) is 1. The largest absolute Gasteiger partial charge is 0.496 e. The van der Waals surface area contributed by atoms with Crippen LogP contribution < -0.4 is 51.3 Å². The van der Waals surface area contributed by atoms with Gasteiger partial charge >= 0.3 is 0 Å². The van der Waals surface area contributed by atoms with Crippen LogP contribution in [0.15, 0.2) is 72.8 Å². The summed E-state index contributed by atoms with van der Waals surface area (Å²) in [4.78, 5) is 108. The Labute approximate surface area is 490 Å². The zero-order chi connectivity index (χ0) is 60.8. The quantitative estimate of drug-likeness (QED) is 0.0179. The predicted octanol–water partition coefficient (Wildman–Crippen LogP) is 9.73. The monoisotopic (exact) mass is 1150 g/mol. The summed E-state index contributed by atoms with van der Waals surface area (Å²) in [6.07, 6.45) is 8.18. The third-order valence-electron chi connectivity index (χ3n) is 15.1. The Morgan fingerprint density at radius 2 is 0.952 bits per heavy atom. The summed E-state index contributed by atoms with van der Waals surface area (Å²) >= 11 is 0. The van der Waals surface area contributed by atoms with Gasteiger partial charge in [-0.1, -0.05) is 38.8 Å². The Morgan fingerprint density at radius 3 is 1.51 bits per heavy atom. The number of methoxy groups -OCH3 is 4. The third-order valence-corrected chi connectivity index (χ3v) is 15.1. The molecule has 4 aromatic carbocycles. The maximum Gasteiger partial charge on any atom is 0.255 e. The Hall–Kier alpha value is -7.28. The number of ketones is 5. The molecule has 4 unspecified atom stereocenters. The molecular weight excluding hydrogens is 1060 g/mol. The van der Waals surface area contributed by atoms with E-state index in [1.807, 2.05) is 27.1 Å². The first-order valence-corrected chi connectivity index (χ1v) is 29.2. The zero-order valence-corrected chi connectivity index (χ0v) is 50.4. The first-order valence-electron chi connectivity index (χ1n) is 29.2. The Balaban J connectivity index is 1.38. The summed E-state index contributed by atoms with van der Waals surface area (Å²) in [5.41, 5.74) is 9.30. The molecule has 0 fully saturated rings. The van der Waals surface area contributed by atoms with Gasteiger partial charge in [-0.05, 0) is 183 Å². The highest BCUT2D eigenvalue weighted by molar-refractivity contribution is 6.04. The number of amides is 3. The molecule has 0 aliphatic rings. The van der Waals surface area contributed by atoms with Crippen LogP contribution in [0.3, 0.4) is 0 Å². The summed E-state index contributed by atoms with van der Waals surface area (Å²) < 4.78 is 22.0. The fourth-order valence-electron chi connectivity index (χ4n) is 9.88. The molecule has 0 heterocycles. The molecule has 0 spiro atoms. The van der Waals surface area contributed by atoms with E-state index in [1.165, 1.54) is 41.4 Å². The molecule has 0 saturated heterocycles. The van der Waals surface area contributed by atoms with Crippen LogP contribution in [0.25, 0.3) is 0 Å². The average Bonchev–Trinajstić information content (AvgIpc) is 3.68. The molecule has 4 atom stereocenters. The molecule has 0 aliphatic heterocycles. The van der Waals surface area contributed by atoms with E-state index in [-0.39, 0.29) is 77.7 Å². The molecule has 452 valence electrons.